The summed E-state index contributed by atoms with van der Waals surface area (Å²) in [6.07, 6.45) is 60.9. The van der Waals surface area contributed by atoms with Crippen molar-refractivity contribution in [3.05, 3.63) is 24.3 Å². The number of esters is 2. The highest BCUT2D eigenvalue weighted by Gasteiger charge is 2.22. The van der Waals surface area contributed by atoms with Gasteiger partial charge in [-0.3, -0.25) is 9.59 Å². The summed E-state index contributed by atoms with van der Waals surface area (Å²) in [7, 11) is 5.93. The summed E-state index contributed by atoms with van der Waals surface area (Å²) in [5.74, 6) is -2.26. The maximum Gasteiger partial charge on any atom is 0.306 e. The molecule has 0 bridgehead atoms. The highest BCUT2D eigenvalue weighted by atomic mass is 16.7. The summed E-state index contributed by atoms with van der Waals surface area (Å²) in [6, 6.07) is 0. The van der Waals surface area contributed by atoms with Crippen LogP contribution in [0, 0.1) is 0 Å². The average Bonchev–Trinajstić information content (AvgIpc) is 3.34. The van der Waals surface area contributed by atoms with Crippen LogP contribution in [0.1, 0.15) is 296 Å². The van der Waals surface area contributed by atoms with Gasteiger partial charge in [0.25, 0.3) is 0 Å². The number of likely N-dealkylation sites (N-methyl/N-ethyl adjacent to an activating group) is 1. The van der Waals surface area contributed by atoms with Crippen LogP contribution in [0.3, 0.4) is 0 Å². The molecule has 0 spiro atoms. The molecule has 0 radical (unpaired) electrons. The molecule has 0 aliphatic rings. The second-order valence-electron chi connectivity index (χ2n) is 22.0. The number of allylic oxidation sites excluding steroid dienone is 4. The summed E-state index contributed by atoms with van der Waals surface area (Å²) >= 11 is 0. The van der Waals surface area contributed by atoms with Crippen LogP contribution in [0.15, 0.2) is 24.3 Å². The Morgan fingerprint density at radius 2 is 0.761 bits per heavy atom. The molecule has 71 heavy (non-hydrogen) atoms. The first kappa shape index (κ1) is 68.8. The van der Waals surface area contributed by atoms with Crippen LogP contribution in [0.5, 0.6) is 0 Å². The summed E-state index contributed by atoms with van der Waals surface area (Å²) in [6.45, 7) is 4.79. The average molecular weight is 1000 g/mol. The van der Waals surface area contributed by atoms with Crippen molar-refractivity contribution in [1.29, 1.82) is 0 Å². The lowest BCUT2D eigenvalue weighted by Crippen LogP contribution is -2.44. The predicted octanol–water partition coefficient (Wildman–Crippen LogP) is 16.6. The van der Waals surface area contributed by atoms with Gasteiger partial charge in [-0.2, -0.15) is 0 Å². The first-order valence-electron chi connectivity index (χ1n) is 30.5. The summed E-state index contributed by atoms with van der Waals surface area (Å²) in [4.78, 5) is 37.3. The van der Waals surface area contributed by atoms with E-state index in [1.807, 2.05) is 21.1 Å². The van der Waals surface area contributed by atoms with Crippen LogP contribution in [0.4, 0.5) is 0 Å². The molecule has 0 saturated carbocycles. The molecule has 0 aromatic carbocycles. The Kier molecular flexibility index (Phi) is 52.3. The molecular formula is C62H117NO8. The zero-order chi connectivity index (χ0) is 52.0. The Morgan fingerprint density at radius 1 is 0.423 bits per heavy atom. The SMILES string of the molecule is CCCCCCC/C=C\C/C=C\CCCCCCCCCCCCCCCCCC(=O)OC(COC(=O)CCCCCCCCCCCCCCCCCCCCC)COC(OCC[N+](C)(C)C)C(=O)[O-]. The third-order valence-electron chi connectivity index (χ3n) is 13.7. The van der Waals surface area contributed by atoms with Crippen LogP contribution >= 0.6 is 0 Å². The van der Waals surface area contributed by atoms with Crippen molar-refractivity contribution < 1.29 is 42.9 Å². The Morgan fingerprint density at radius 3 is 1.11 bits per heavy atom. The third kappa shape index (κ3) is 55.4. The molecule has 0 saturated heterocycles. The fraction of sp³-hybridized carbons (Fsp3) is 0.887. The molecular weight excluding hydrogens is 887 g/mol. The van der Waals surface area contributed by atoms with Gasteiger partial charge in [0, 0.05) is 12.8 Å². The van der Waals surface area contributed by atoms with Crippen molar-refractivity contribution in [2.45, 2.75) is 309 Å². The molecule has 418 valence electrons. The maximum absolute atomic E-state index is 12.9. The van der Waals surface area contributed by atoms with Crippen LogP contribution in [-0.2, 0) is 33.3 Å². The van der Waals surface area contributed by atoms with Gasteiger partial charge in [0.2, 0.25) is 0 Å². The minimum atomic E-state index is -1.62. The number of carboxylic acids is 1. The molecule has 2 atom stereocenters. The van der Waals surface area contributed by atoms with E-state index < -0.39 is 24.3 Å². The number of aliphatic carboxylic acids is 1. The quantitative estimate of drug-likeness (QED) is 0.0195. The number of quaternary nitrogens is 1. The number of unbranched alkanes of at least 4 members (excludes halogenated alkanes) is 38. The van der Waals surface area contributed by atoms with E-state index >= 15 is 0 Å². The van der Waals surface area contributed by atoms with E-state index in [1.165, 1.54) is 225 Å². The maximum atomic E-state index is 12.9. The van der Waals surface area contributed by atoms with Crippen molar-refractivity contribution in [2.75, 3.05) is 47.5 Å². The lowest BCUT2D eigenvalue weighted by Gasteiger charge is -2.26. The van der Waals surface area contributed by atoms with Gasteiger partial charge >= 0.3 is 11.9 Å². The molecule has 9 nitrogen and oxygen atoms in total. The second kappa shape index (κ2) is 54.0. The normalized spacial score (nSPS) is 12.9. The first-order valence-corrected chi connectivity index (χ1v) is 30.5. The molecule has 0 amide bonds. The van der Waals surface area contributed by atoms with Gasteiger partial charge in [0.15, 0.2) is 12.4 Å². The van der Waals surface area contributed by atoms with Crippen molar-refractivity contribution in [2.24, 2.45) is 0 Å². The predicted molar refractivity (Wildman–Crippen MR) is 297 cm³/mol. The molecule has 0 fully saturated rings. The number of hydrogen-bond acceptors (Lipinski definition) is 8. The fourth-order valence-corrected chi connectivity index (χ4v) is 8.98. The molecule has 0 aliphatic heterocycles. The molecule has 2 unspecified atom stereocenters. The van der Waals surface area contributed by atoms with E-state index in [9.17, 15) is 19.5 Å². The molecule has 0 aromatic heterocycles. The number of hydrogen-bond donors (Lipinski definition) is 0. The van der Waals surface area contributed by atoms with Gasteiger partial charge in [0.1, 0.15) is 13.2 Å². The Hall–Kier alpha value is -2.23. The number of carbonyl (C=O) groups is 3. The topological polar surface area (TPSA) is 111 Å². The highest BCUT2D eigenvalue weighted by Crippen LogP contribution is 2.17. The van der Waals surface area contributed by atoms with E-state index in [0.717, 1.165) is 44.9 Å². The smallest absolute Gasteiger partial charge is 0.306 e. The molecule has 0 rings (SSSR count). The number of ether oxygens (including phenoxy) is 4. The minimum absolute atomic E-state index is 0.151. The third-order valence-corrected chi connectivity index (χ3v) is 13.7. The van der Waals surface area contributed by atoms with Crippen LogP contribution in [0.2, 0.25) is 0 Å². The van der Waals surface area contributed by atoms with E-state index in [2.05, 4.69) is 38.2 Å². The summed E-state index contributed by atoms with van der Waals surface area (Å²) in [5.41, 5.74) is 0. The zero-order valence-corrected chi connectivity index (χ0v) is 47.6. The number of nitrogens with zero attached hydrogens (tertiary/aromatic N) is 1. The van der Waals surface area contributed by atoms with Gasteiger partial charge in [-0.25, -0.2) is 0 Å². The number of carboxylic acid groups (broad SMARTS) is 1. The van der Waals surface area contributed by atoms with E-state index in [0.29, 0.717) is 17.4 Å². The highest BCUT2D eigenvalue weighted by molar-refractivity contribution is 5.70. The Balaban J connectivity index is 4.16. The Bertz CT molecular complexity index is 1210. The fourth-order valence-electron chi connectivity index (χ4n) is 8.98. The molecule has 0 N–H and O–H groups in total. The first-order chi connectivity index (χ1) is 34.6. The monoisotopic (exact) mass is 1000 g/mol. The molecule has 0 aromatic rings. The van der Waals surface area contributed by atoms with Crippen LogP contribution in [0.25, 0.3) is 0 Å². The number of carbonyl (C=O) groups excluding carboxylic acids is 3. The Labute approximate surface area is 439 Å². The lowest BCUT2D eigenvalue weighted by atomic mass is 10.0. The van der Waals surface area contributed by atoms with Gasteiger partial charge in [-0.05, 0) is 44.9 Å². The summed E-state index contributed by atoms with van der Waals surface area (Å²) < 4.78 is 22.7. The van der Waals surface area contributed by atoms with Gasteiger partial charge in [-0.1, -0.05) is 263 Å². The van der Waals surface area contributed by atoms with Crippen molar-refractivity contribution in [3.8, 4) is 0 Å². The molecule has 0 aliphatic carbocycles. The van der Waals surface area contributed by atoms with Crippen LogP contribution < -0.4 is 5.11 Å². The van der Waals surface area contributed by atoms with Gasteiger partial charge in [0.05, 0.1) is 40.3 Å². The molecule has 0 heterocycles. The van der Waals surface area contributed by atoms with E-state index in [4.69, 9.17) is 18.9 Å². The van der Waals surface area contributed by atoms with Crippen molar-refractivity contribution in [1.82, 2.24) is 0 Å². The van der Waals surface area contributed by atoms with E-state index in [-0.39, 0.29) is 32.2 Å². The van der Waals surface area contributed by atoms with Gasteiger partial charge in [-0.15, -0.1) is 0 Å². The van der Waals surface area contributed by atoms with E-state index in [1.54, 1.807) is 0 Å². The van der Waals surface area contributed by atoms with Gasteiger partial charge < -0.3 is 33.3 Å². The number of rotatable bonds is 57. The van der Waals surface area contributed by atoms with Crippen molar-refractivity contribution in [3.63, 3.8) is 0 Å². The van der Waals surface area contributed by atoms with Crippen molar-refractivity contribution >= 4 is 17.9 Å². The second-order valence-corrected chi connectivity index (χ2v) is 22.0. The zero-order valence-electron chi connectivity index (χ0n) is 47.6. The molecule has 9 heteroatoms. The van der Waals surface area contributed by atoms with Crippen LogP contribution in [-0.4, -0.2) is 82.3 Å². The summed E-state index contributed by atoms with van der Waals surface area (Å²) in [5, 5.41) is 11.8. The lowest BCUT2D eigenvalue weighted by molar-refractivity contribution is -0.870. The standard InChI is InChI=1S/C62H117NO8/c1-6-8-10-12-14-16-18-20-22-24-26-27-28-29-30-31-32-33-35-37-39-41-43-45-47-49-51-53-60(65)71-58(57-70-62(61(66)67)68-55-54-63(3,4)5)56-69-59(64)52-50-48-46-44-42-40-38-36-34-25-23-21-19-17-15-13-11-9-7-2/h18,20,24,26,58,62H,6-17,19,21-23,25,27-57H2,1-5H3/b20-18-,26-24-. The largest absolute Gasteiger partial charge is 0.545 e. The minimum Gasteiger partial charge on any atom is -0.545 e.